The Morgan fingerprint density at radius 1 is 1.21 bits per heavy atom. The zero-order chi connectivity index (χ0) is 17.3. The summed E-state index contributed by atoms with van der Waals surface area (Å²) in [5.41, 5.74) is 0.757. The highest BCUT2D eigenvalue weighted by atomic mass is 32.1. The van der Waals surface area contributed by atoms with Crippen molar-refractivity contribution in [3.63, 3.8) is 0 Å². The second kappa shape index (κ2) is 6.76. The lowest BCUT2D eigenvalue weighted by Crippen LogP contribution is -2.35. The summed E-state index contributed by atoms with van der Waals surface area (Å²) in [6.07, 6.45) is 1.25. The molecule has 0 saturated carbocycles. The highest BCUT2D eigenvalue weighted by molar-refractivity contribution is 7.09. The fourth-order valence-electron chi connectivity index (χ4n) is 2.99. The van der Waals surface area contributed by atoms with Crippen LogP contribution in [0.2, 0.25) is 0 Å². The first-order valence-corrected chi connectivity index (χ1v) is 9.14. The maximum absolute atomic E-state index is 13.0. The molecule has 3 rings (SSSR count). The molecule has 1 N–H and O–H groups in total. The van der Waals surface area contributed by atoms with Crippen molar-refractivity contribution in [2.75, 3.05) is 18.0 Å². The first kappa shape index (κ1) is 17.3. The molecule has 1 aromatic carbocycles. The molecule has 6 heteroatoms. The van der Waals surface area contributed by atoms with Gasteiger partial charge in [0, 0.05) is 30.0 Å². The van der Waals surface area contributed by atoms with E-state index in [1.54, 1.807) is 12.1 Å². The molecule has 0 aliphatic carbocycles. The number of aliphatic hydroxyl groups excluding tert-OH is 1. The molecule has 1 aromatic heterocycles. The third-order valence-electron chi connectivity index (χ3n) is 4.55. The van der Waals surface area contributed by atoms with Gasteiger partial charge in [0.15, 0.2) is 0 Å². The van der Waals surface area contributed by atoms with Gasteiger partial charge in [0.1, 0.15) is 11.6 Å². The predicted octanol–water partition coefficient (Wildman–Crippen LogP) is 3.92. The molecule has 1 aliphatic rings. The summed E-state index contributed by atoms with van der Waals surface area (Å²) in [5.74, 6) is 0.810. The molecule has 1 unspecified atom stereocenters. The van der Waals surface area contributed by atoms with Crippen LogP contribution in [0.3, 0.4) is 0 Å². The topological polar surface area (TPSA) is 49.2 Å². The van der Waals surface area contributed by atoms with Crippen molar-refractivity contribution in [2.45, 2.75) is 45.1 Å². The van der Waals surface area contributed by atoms with Crippen LogP contribution in [0, 0.1) is 11.7 Å². The molecule has 0 radical (unpaired) electrons. The quantitative estimate of drug-likeness (QED) is 0.912. The lowest BCUT2D eigenvalue weighted by molar-refractivity contribution is 0.0929. The third-order valence-corrected chi connectivity index (χ3v) is 5.33. The molecule has 1 aliphatic heterocycles. The van der Waals surface area contributed by atoms with Crippen molar-refractivity contribution in [3.8, 4) is 0 Å². The minimum Gasteiger partial charge on any atom is -0.388 e. The molecule has 1 saturated heterocycles. The predicted molar refractivity (Wildman–Crippen MR) is 94.9 cm³/mol. The second-order valence-electron chi connectivity index (χ2n) is 7.47. The molecule has 4 nitrogen and oxygen atoms in total. The summed E-state index contributed by atoms with van der Waals surface area (Å²) in [5, 5.41) is 11.5. The molecule has 0 bridgehead atoms. The van der Waals surface area contributed by atoms with Gasteiger partial charge in [-0.3, -0.25) is 0 Å². The minimum absolute atomic E-state index is 0.0359. The molecule has 130 valence electrons. The highest BCUT2D eigenvalue weighted by Gasteiger charge is 2.28. The van der Waals surface area contributed by atoms with Gasteiger partial charge in [-0.15, -0.1) is 0 Å². The Morgan fingerprint density at radius 3 is 2.38 bits per heavy atom. The molecular formula is C18H24FN3OS. The van der Waals surface area contributed by atoms with Gasteiger partial charge in [0.25, 0.3) is 0 Å². The van der Waals surface area contributed by atoms with Crippen molar-refractivity contribution < 1.29 is 9.50 Å². The van der Waals surface area contributed by atoms with E-state index in [0.29, 0.717) is 0 Å². The van der Waals surface area contributed by atoms with Crippen molar-refractivity contribution >= 4 is 16.7 Å². The first-order chi connectivity index (χ1) is 11.3. The van der Waals surface area contributed by atoms with Gasteiger partial charge in [0.2, 0.25) is 5.13 Å². The van der Waals surface area contributed by atoms with Crippen molar-refractivity contribution in [3.05, 3.63) is 41.5 Å². The zero-order valence-electron chi connectivity index (χ0n) is 14.4. The number of nitrogens with zero attached hydrogens (tertiary/aromatic N) is 3. The van der Waals surface area contributed by atoms with E-state index in [2.05, 4.69) is 35.0 Å². The first-order valence-electron chi connectivity index (χ1n) is 8.37. The third kappa shape index (κ3) is 3.75. The van der Waals surface area contributed by atoms with E-state index >= 15 is 0 Å². The van der Waals surface area contributed by atoms with E-state index in [9.17, 15) is 9.50 Å². The number of anilines is 1. The molecule has 0 spiro atoms. The number of rotatable bonds is 3. The maximum Gasteiger partial charge on any atom is 0.205 e. The Morgan fingerprint density at radius 2 is 1.83 bits per heavy atom. The summed E-state index contributed by atoms with van der Waals surface area (Å²) in [6.45, 7) is 8.07. The van der Waals surface area contributed by atoms with Gasteiger partial charge in [-0.1, -0.05) is 32.9 Å². The molecule has 1 atom stereocenters. The van der Waals surface area contributed by atoms with Gasteiger partial charge in [-0.25, -0.2) is 9.37 Å². The summed E-state index contributed by atoms with van der Waals surface area (Å²) in [6, 6.07) is 6.16. The van der Waals surface area contributed by atoms with Crippen LogP contribution in [0.25, 0.3) is 0 Å². The number of hydrogen-bond acceptors (Lipinski definition) is 5. The number of benzene rings is 1. The van der Waals surface area contributed by atoms with E-state index in [-0.39, 0.29) is 17.2 Å². The summed E-state index contributed by atoms with van der Waals surface area (Å²) in [4.78, 5) is 6.92. The van der Waals surface area contributed by atoms with Crippen LogP contribution in [0.1, 0.15) is 51.1 Å². The van der Waals surface area contributed by atoms with E-state index in [0.717, 1.165) is 42.5 Å². The van der Waals surface area contributed by atoms with Gasteiger partial charge in [-0.2, -0.15) is 4.37 Å². The fourth-order valence-corrected chi connectivity index (χ4v) is 3.90. The van der Waals surface area contributed by atoms with E-state index in [1.165, 1.54) is 23.7 Å². The fraction of sp³-hybridized carbons (Fsp3) is 0.556. The Hall–Kier alpha value is -1.53. The summed E-state index contributed by atoms with van der Waals surface area (Å²) in [7, 11) is 0. The molecular weight excluding hydrogens is 325 g/mol. The standard InChI is InChI=1S/C18H24FN3OS/c1-18(2,3)16-20-17(24-21-16)22-10-8-13(9-11-22)15(23)12-4-6-14(19)7-5-12/h4-7,13,15,23H,8-11H2,1-3H3. The van der Waals surface area contributed by atoms with E-state index < -0.39 is 6.10 Å². The van der Waals surface area contributed by atoms with Gasteiger partial charge in [-0.05, 0) is 36.5 Å². The highest BCUT2D eigenvalue weighted by Crippen LogP contribution is 2.33. The van der Waals surface area contributed by atoms with Crippen LogP contribution in [0.15, 0.2) is 24.3 Å². The molecule has 24 heavy (non-hydrogen) atoms. The largest absolute Gasteiger partial charge is 0.388 e. The SMILES string of the molecule is CC(C)(C)c1nsc(N2CCC(C(O)c3ccc(F)cc3)CC2)n1. The van der Waals surface area contributed by atoms with Crippen LogP contribution in [0.5, 0.6) is 0 Å². The lowest BCUT2D eigenvalue weighted by atomic mass is 9.87. The summed E-state index contributed by atoms with van der Waals surface area (Å²) >= 11 is 1.45. The van der Waals surface area contributed by atoms with Gasteiger partial charge < -0.3 is 10.0 Å². The maximum atomic E-state index is 13.0. The average molecular weight is 349 g/mol. The Bertz CT molecular complexity index is 672. The van der Waals surface area contributed by atoms with E-state index in [4.69, 9.17) is 0 Å². The average Bonchev–Trinajstić information content (AvgIpc) is 3.05. The van der Waals surface area contributed by atoms with Crippen molar-refractivity contribution in [1.82, 2.24) is 9.36 Å². The molecule has 2 heterocycles. The van der Waals surface area contributed by atoms with E-state index in [1.807, 2.05) is 0 Å². The number of halogens is 1. The summed E-state index contributed by atoms with van der Waals surface area (Å²) < 4.78 is 17.5. The Kier molecular flexibility index (Phi) is 4.88. The molecule has 1 fully saturated rings. The Labute approximate surface area is 146 Å². The minimum atomic E-state index is -0.535. The second-order valence-corrected chi connectivity index (χ2v) is 8.20. The van der Waals surface area contributed by atoms with Crippen molar-refractivity contribution in [2.24, 2.45) is 5.92 Å². The van der Waals surface area contributed by atoms with Crippen LogP contribution in [0.4, 0.5) is 9.52 Å². The smallest absolute Gasteiger partial charge is 0.205 e. The monoisotopic (exact) mass is 349 g/mol. The van der Waals surface area contributed by atoms with Gasteiger partial charge in [0.05, 0.1) is 6.10 Å². The number of piperidine rings is 1. The Balaban J connectivity index is 1.61. The van der Waals surface area contributed by atoms with Crippen LogP contribution in [-0.4, -0.2) is 27.6 Å². The van der Waals surface area contributed by atoms with Gasteiger partial charge >= 0.3 is 0 Å². The molecule has 2 aromatic rings. The zero-order valence-corrected chi connectivity index (χ0v) is 15.2. The lowest BCUT2D eigenvalue weighted by Gasteiger charge is -2.34. The number of aliphatic hydroxyl groups is 1. The van der Waals surface area contributed by atoms with Crippen LogP contribution in [-0.2, 0) is 5.41 Å². The molecule has 0 amide bonds. The van der Waals surface area contributed by atoms with Crippen molar-refractivity contribution in [1.29, 1.82) is 0 Å². The normalized spacial score (nSPS) is 18.0. The van der Waals surface area contributed by atoms with Crippen LogP contribution < -0.4 is 4.90 Å². The number of hydrogen-bond donors (Lipinski definition) is 1. The number of aromatic nitrogens is 2. The van der Waals surface area contributed by atoms with Crippen LogP contribution >= 0.6 is 11.5 Å².